The fourth-order valence-electron chi connectivity index (χ4n) is 3.08. The molecule has 7 nitrogen and oxygen atoms in total. The zero-order chi connectivity index (χ0) is 16.8. The molecular weight excluding hydrogens is 310 g/mol. The van der Waals surface area contributed by atoms with Crippen LogP contribution in [-0.4, -0.2) is 22.6 Å². The molecule has 0 spiro atoms. The molecule has 120 valence electrons. The number of rotatable bonds is 2. The van der Waals surface area contributed by atoms with E-state index in [1.807, 2.05) is 30.3 Å². The van der Waals surface area contributed by atoms with Crippen molar-refractivity contribution in [3.8, 4) is 5.75 Å². The zero-order valence-electron chi connectivity index (χ0n) is 12.7. The van der Waals surface area contributed by atoms with E-state index in [0.29, 0.717) is 11.5 Å². The number of Topliss-reactive ketones (excluding diaryl/α,β-unsaturated/α-hetero) is 1. The molecule has 7 heteroatoms. The van der Waals surface area contributed by atoms with Crippen LogP contribution in [0.4, 0.5) is 11.4 Å². The van der Waals surface area contributed by atoms with Crippen molar-refractivity contribution in [3.05, 3.63) is 64.2 Å². The monoisotopic (exact) mass is 323 g/mol. The summed E-state index contributed by atoms with van der Waals surface area (Å²) in [6, 6.07) is 13.5. The second-order valence-electron chi connectivity index (χ2n) is 5.71. The summed E-state index contributed by atoms with van der Waals surface area (Å²) in [5.41, 5.74) is 1.56. The Morgan fingerprint density at radius 2 is 1.96 bits per heavy atom. The van der Waals surface area contributed by atoms with Crippen molar-refractivity contribution in [2.45, 2.75) is 13.2 Å². The van der Waals surface area contributed by atoms with E-state index in [4.69, 9.17) is 4.74 Å². The van der Waals surface area contributed by atoms with Gasteiger partial charge in [0.15, 0.2) is 5.78 Å². The third kappa shape index (κ3) is 2.05. The molecule has 0 fully saturated rings. The third-order valence-corrected chi connectivity index (χ3v) is 4.23. The number of anilines is 1. The number of hydrogen-bond donors (Lipinski definition) is 0. The normalized spacial score (nSPS) is 21.6. The molecule has 2 aromatic rings. The Morgan fingerprint density at radius 1 is 1.21 bits per heavy atom. The number of non-ortho nitro benzene ring substituents is 1. The van der Waals surface area contributed by atoms with E-state index in [-0.39, 0.29) is 17.0 Å². The fraction of sp³-hybridized carbons (Fsp3) is 0.176. The lowest BCUT2D eigenvalue weighted by molar-refractivity contribution is -0.384. The lowest BCUT2D eigenvalue weighted by Crippen LogP contribution is -2.45. The molecule has 0 saturated carbocycles. The third-order valence-electron chi connectivity index (χ3n) is 4.23. The maximum atomic E-state index is 12.9. The van der Waals surface area contributed by atoms with E-state index in [1.165, 1.54) is 18.2 Å². The summed E-state index contributed by atoms with van der Waals surface area (Å²) in [6.07, 6.45) is -0.575. The van der Waals surface area contributed by atoms with Gasteiger partial charge in [0.2, 0.25) is 6.23 Å². The molecule has 0 N–H and O–H groups in total. The first-order valence-corrected chi connectivity index (χ1v) is 7.45. The smallest absolute Gasteiger partial charge is 0.270 e. The van der Waals surface area contributed by atoms with E-state index in [0.717, 1.165) is 5.69 Å². The van der Waals surface area contributed by atoms with Crippen molar-refractivity contribution >= 4 is 22.9 Å². The number of fused-ring (bicyclic) bond motifs is 2. The van der Waals surface area contributed by atoms with Gasteiger partial charge in [0.25, 0.3) is 5.69 Å². The van der Waals surface area contributed by atoms with Gasteiger partial charge in [0.1, 0.15) is 11.7 Å². The number of hydrazone groups is 1. The van der Waals surface area contributed by atoms with Crippen LogP contribution in [0.1, 0.15) is 17.3 Å². The summed E-state index contributed by atoms with van der Waals surface area (Å²) < 4.78 is 5.97. The maximum Gasteiger partial charge on any atom is 0.270 e. The van der Waals surface area contributed by atoms with Crippen LogP contribution < -0.4 is 9.75 Å². The number of para-hydroxylation sites is 1. The topological polar surface area (TPSA) is 85.0 Å². The Labute approximate surface area is 137 Å². The molecule has 2 heterocycles. The van der Waals surface area contributed by atoms with Crippen molar-refractivity contribution in [2.24, 2.45) is 11.0 Å². The molecule has 0 aromatic heterocycles. The highest BCUT2D eigenvalue weighted by Gasteiger charge is 2.47. The molecule has 2 aliphatic rings. The number of carbonyl (C=O) groups is 1. The number of nitrogens with zero attached hydrogens (tertiary/aromatic N) is 3. The predicted octanol–water partition coefficient (Wildman–Crippen LogP) is 3.01. The average Bonchev–Trinajstić information content (AvgIpc) is 2.92. The van der Waals surface area contributed by atoms with Crippen molar-refractivity contribution in [2.75, 3.05) is 5.01 Å². The van der Waals surface area contributed by atoms with Crippen LogP contribution in [0.2, 0.25) is 0 Å². The first-order valence-electron chi connectivity index (χ1n) is 7.45. The van der Waals surface area contributed by atoms with Crippen molar-refractivity contribution < 1.29 is 14.5 Å². The largest absolute Gasteiger partial charge is 0.467 e. The van der Waals surface area contributed by atoms with Crippen LogP contribution in [0.15, 0.2) is 53.6 Å². The molecule has 0 aliphatic carbocycles. The summed E-state index contributed by atoms with van der Waals surface area (Å²) in [6.45, 7) is 1.77. The second kappa shape index (κ2) is 5.16. The van der Waals surface area contributed by atoms with Gasteiger partial charge >= 0.3 is 0 Å². The van der Waals surface area contributed by atoms with Gasteiger partial charge in [-0.3, -0.25) is 14.9 Å². The van der Waals surface area contributed by atoms with Crippen LogP contribution >= 0.6 is 0 Å². The highest BCUT2D eigenvalue weighted by Crippen LogP contribution is 2.39. The highest BCUT2D eigenvalue weighted by atomic mass is 16.6. The molecule has 2 aliphatic heterocycles. The summed E-state index contributed by atoms with van der Waals surface area (Å²) in [5, 5.41) is 17.1. The molecule has 0 saturated heterocycles. The summed E-state index contributed by atoms with van der Waals surface area (Å²) in [7, 11) is 0. The quantitative estimate of drug-likeness (QED) is 0.626. The van der Waals surface area contributed by atoms with Gasteiger partial charge in [-0.05, 0) is 25.1 Å². The Kier molecular flexibility index (Phi) is 3.09. The minimum Gasteiger partial charge on any atom is -0.467 e. The summed E-state index contributed by atoms with van der Waals surface area (Å²) >= 11 is 0. The number of ketones is 1. The Bertz CT molecular complexity index is 879. The minimum absolute atomic E-state index is 0.128. The van der Waals surface area contributed by atoms with Gasteiger partial charge in [0, 0.05) is 12.1 Å². The Balaban J connectivity index is 1.77. The van der Waals surface area contributed by atoms with Gasteiger partial charge in [-0.15, -0.1) is 0 Å². The van der Waals surface area contributed by atoms with E-state index in [9.17, 15) is 14.9 Å². The van der Waals surface area contributed by atoms with Crippen molar-refractivity contribution in [1.82, 2.24) is 0 Å². The molecule has 24 heavy (non-hydrogen) atoms. The number of hydrogen-bond acceptors (Lipinski definition) is 6. The Hall–Kier alpha value is -3.22. The van der Waals surface area contributed by atoms with Crippen LogP contribution in [0, 0.1) is 16.0 Å². The number of ether oxygens (including phenoxy) is 1. The first-order chi connectivity index (χ1) is 11.6. The number of carbonyl (C=O) groups excluding carboxylic acids is 1. The van der Waals surface area contributed by atoms with Gasteiger partial charge < -0.3 is 4.74 Å². The maximum absolute atomic E-state index is 12.9. The standard InChI is InChI=1S/C17H13N3O4/c1-10-15-16(21)13-9-12(20(22)23)7-8-14(13)24-17(15)19(18-10)11-5-3-2-4-6-11/h2-9,15,17H,1H3. The summed E-state index contributed by atoms with van der Waals surface area (Å²) in [4.78, 5) is 23.3. The predicted molar refractivity (Wildman–Crippen MR) is 87.4 cm³/mol. The molecule has 0 bridgehead atoms. The average molecular weight is 323 g/mol. The Morgan fingerprint density at radius 3 is 2.67 bits per heavy atom. The number of benzene rings is 2. The molecule has 4 rings (SSSR count). The molecule has 0 amide bonds. The molecule has 2 unspecified atom stereocenters. The van der Waals surface area contributed by atoms with Crippen LogP contribution in [0.3, 0.4) is 0 Å². The van der Waals surface area contributed by atoms with Gasteiger partial charge in [0.05, 0.1) is 21.9 Å². The van der Waals surface area contributed by atoms with Crippen LogP contribution in [-0.2, 0) is 0 Å². The summed E-state index contributed by atoms with van der Waals surface area (Å²) in [5.74, 6) is -0.429. The molecule has 2 aromatic carbocycles. The second-order valence-corrected chi connectivity index (χ2v) is 5.71. The van der Waals surface area contributed by atoms with Crippen LogP contribution in [0.25, 0.3) is 0 Å². The number of nitro groups is 1. The van der Waals surface area contributed by atoms with Crippen molar-refractivity contribution in [3.63, 3.8) is 0 Å². The minimum atomic E-state index is -0.575. The zero-order valence-corrected chi connectivity index (χ0v) is 12.7. The lowest BCUT2D eigenvalue weighted by atomic mass is 9.89. The molecule has 0 radical (unpaired) electrons. The van der Waals surface area contributed by atoms with E-state index >= 15 is 0 Å². The molecular formula is C17H13N3O4. The van der Waals surface area contributed by atoms with Gasteiger partial charge in [-0.1, -0.05) is 18.2 Å². The van der Waals surface area contributed by atoms with E-state index in [2.05, 4.69) is 5.10 Å². The van der Waals surface area contributed by atoms with E-state index < -0.39 is 17.1 Å². The first kappa shape index (κ1) is 14.4. The van der Waals surface area contributed by atoms with E-state index in [1.54, 1.807) is 11.9 Å². The van der Waals surface area contributed by atoms with Crippen LogP contribution in [0.5, 0.6) is 5.75 Å². The van der Waals surface area contributed by atoms with Gasteiger partial charge in [-0.25, -0.2) is 5.01 Å². The fourth-order valence-corrected chi connectivity index (χ4v) is 3.08. The SMILES string of the molecule is CC1=NN(c2ccccc2)C2Oc3ccc([N+](=O)[O-])cc3C(=O)C12. The van der Waals surface area contributed by atoms with Gasteiger partial charge in [-0.2, -0.15) is 5.10 Å². The number of nitro benzene ring substituents is 1. The molecule has 2 atom stereocenters. The van der Waals surface area contributed by atoms with Crippen molar-refractivity contribution in [1.29, 1.82) is 0 Å². The lowest BCUT2D eigenvalue weighted by Gasteiger charge is -2.32. The highest BCUT2D eigenvalue weighted by molar-refractivity contribution is 6.15.